The molecule has 0 bridgehead atoms. The third-order valence-electron chi connectivity index (χ3n) is 4.14. The highest BCUT2D eigenvalue weighted by atomic mass is 19.1. The van der Waals surface area contributed by atoms with E-state index in [-0.39, 0.29) is 12.2 Å². The van der Waals surface area contributed by atoms with Crippen LogP contribution in [0.15, 0.2) is 72.8 Å². The Morgan fingerprint density at radius 2 is 1.70 bits per heavy atom. The largest absolute Gasteiger partial charge is 0.483 e. The Kier molecular flexibility index (Phi) is 5.81. The molecule has 3 nitrogen and oxygen atoms in total. The number of nitrogens with one attached hydrogen (secondary N) is 1. The lowest BCUT2D eigenvalue weighted by molar-refractivity contribution is -0.123. The van der Waals surface area contributed by atoms with Crippen LogP contribution < -0.4 is 10.1 Å². The molecular formula is C22H19F2NO2. The van der Waals surface area contributed by atoms with Crippen molar-refractivity contribution < 1.29 is 18.3 Å². The predicted octanol–water partition coefficient (Wildman–Crippen LogP) is 4.89. The second kappa shape index (κ2) is 8.45. The van der Waals surface area contributed by atoms with Crippen molar-refractivity contribution in [3.8, 4) is 16.9 Å². The third-order valence-corrected chi connectivity index (χ3v) is 4.14. The molecule has 0 radical (unpaired) electrons. The van der Waals surface area contributed by atoms with Gasteiger partial charge in [0.05, 0.1) is 6.04 Å². The van der Waals surface area contributed by atoms with Gasteiger partial charge in [0.15, 0.2) is 6.61 Å². The number of benzene rings is 3. The smallest absolute Gasteiger partial charge is 0.258 e. The van der Waals surface area contributed by atoms with Crippen molar-refractivity contribution in [2.75, 3.05) is 6.61 Å². The maximum atomic E-state index is 13.8. The first kappa shape index (κ1) is 18.6. The maximum absolute atomic E-state index is 13.8. The van der Waals surface area contributed by atoms with Crippen LogP contribution in [0.3, 0.4) is 0 Å². The van der Waals surface area contributed by atoms with E-state index in [4.69, 9.17) is 4.74 Å². The Hall–Kier alpha value is -3.21. The number of hydrogen-bond donors (Lipinski definition) is 1. The fourth-order valence-corrected chi connectivity index (χ4v) is 2.81. The molecule has 0 saturated heterocycles. The SMILES string of the molecule is CC(NC(=O)COc1ccccc1-c1ccccc1)c1ccc(F)cc1F. The molecule has 0 aliphatic carbocycles. The molecule has 0 heterocycles. The molecule has 0 aromatic heterocycles. The minimum atomic E-state index is -0.696. The molecule has 0 aliphatic rings. The van der Waals surface area contributed by atoms with Crippen molar-refractivity contribution >= 4 is 5.91 Å². The summed E-state index contributed by atoms with van der Waals surface area (Å²) in [4.78, 5) is 12.2. The summed E-state index contributed by atoms with van der Waals surface area (Å²) in [5.74, 6) is -1.16. The first-order chi connectivity index (χ1) is 13.0. The van der Waals surface area contributed by atoms with Crippen molar-refractivity contribution in [3.05, 3.63) is 90.0 Å². The minimum Gasteiger partial charge on any atom is -0.483 e. The van der Waals surface area contributed by atoms with Crippen LogP contribution in [-0.4, -0.2) is 12.5 Å². The summed E-state index contributed by atoms with van der Waals surface area (Å²) in [5.41, 5.74) is 2.08. The number of hydrogen-bond acceptors (Lipinski definition) is 2. The fourth-order valence-electron chi connectivity index (χ4n) is 2.81. The average molecular weight is 367 g/mol. The van der Waals surface area contributed by atoms with Crippen molar-refractivity contribution in [1.82, 2.24) is 5.32 Å². The predicted molar refractivity (Wildman–Crippen MR) is 100 cm³/mol. The van der Waals surface area contributed by atoms with Crippen LogP contribution >= 0.6 is 0 Å². The standard InChI is InChI=1S/C22H19F2NO2/c1-15(18-12-11-17(23)13-20(18)24)25-22(26)14-27-21-10-6-5-9-19(21)16-7-3-2-4-8-16/h2-13,15H,14H2,1H3,(H,25,26). The van der Waals surface area contributed by atoms with Gasteiger partial charge in [-0.25, -0.2) is 8.78 Å². The lowest BCUT2D eigenvalue weighted by Crippen LogP contribution is -2.31. The van der Waals surface area contributed by atoms with Crippen LogP contribution in [0.1, 0.15) is 18.5 Å². The lowest BCUT2D eigenvalue weighted by Gasteiger charge is -2.16. The van der Waals surface area contributed by atoms with Crippen LogP contribution in [0.2, 0.25) is 0 Å². The summed E-state index contributed by atoms with van der Waals surface area (Å²) < 4.78 is 32.5. The summed E-state index contributed by atoms with van der Waals surface area (Å²) in [5, 5.41) is 2.66. The van der Waals surface area contributed by atoms with Gasteiger partial charge in [-0.3, -0.25) is 4.79 Å². The van der Waals surface area contributed by atoms with Gasteiger partial charge in [-0.2, -0.15) is 0 Å². The first-order valence-electron chi connectivity index (χ1n) is 8.56. The van der Waals surface area contributed by atoms with Gasteiger partial charge in [0.1, 0.15) is 17.4 Å². The molecule has 1 N–H and O–H groups in total. The molecule has 27 heavy (non-hydrogen) atoms. The highest BCUT2D eigenvalue weighted by molar-refractivity contribution is 5.78. The normalized spacial score (nSPS) is 11.7. The zero-order valence-corrected chi connectivity index (χ0v) is 14.8. The monoisotopic (exact) mass is 367 g/mol. The molecule has 0 aliphatic heterocycles. The molecule has 1 atom stereocenters. The molecule has 3 aromatic carbocycles. The minimum absolute atomic E-state index is 0.211. The molecule has 0 fully saturated rings. The first-order valence-corrected chi connectivity index (χ1v) is 8.56. The van der Waals surface area contributed by atoms with Crippen molar-refractivity contribution in [2.45, 2.75) is 13.0 Å². The number of amides is 1. The van der Waals surface area contributed by atoms with Crippen molar-refractivity contribution in [2.24, 2.45) is 0 Å². The maximum Gasteiger partial charge on any atom is 0.258 e. The van der Waals surface area contributed by atoms with E-state index in [1.165, 1.54) is 6.07 Å². The molecule has 5 heteroatoms. The molecule has 3 rings (SSSR count). The van der Waals surface area contributed by atoms with E-state index in [0.717, 1.165) is 23.3 Å². The van der Waals surface area contributed by atoms with Gasteiger partial charge in [-0.05, 0) is 24.6 Å². The van der Waals surface area contributed by atoms with E-state index < -0.39 is 23.6 Å². The third kappa shape index (κ3) is 4.70. The van der Waals surface area contributed by atoms with E-state index in [9.17, 15) is 13.6 Å². The number of halogens is 2. The highest BCUT2D eigenvalue weighted by Crippen LogP contribution is 2.29. The summed E-state index contributed by atoms with van der Waals surface area (Å²) in [6, 6.07) is 19.8. The van der Waals surface area contributed by atoms with Crippen LogP contribution in [0, 0.1) is 11.6 Å². The highest BCUT2D eigenvalue weighted by Gasteiger charge is 2.15. The van der Waals surface area contributed by atoms with Gasteiger partial charge in [-0.1, -0.05) is 54.6 Å². The van der Waals surface area contributed by atoms with Gasteiger partial charge >= 0.3 is 0 Å². The van der Waals surface area contributed by atoms with Crippen molar-refractivity contribution in [3.63, 3.8) is 0 Å². The van der Waals surface area contributed by atoms with E-state index in [2.05, 4.69) is 5.32 Å². The van der Waals surface area contributed by atoms with E-state index in [1.807, 2.05) is 48.5 Å². The molecule has 138 valence electrons. The summed E-state index contributed by atoms with van der Waals surface area (Å²) in [6.07, 6.45) is 0. The molecule has 0 spiro atoms. The van der Waals surface area contributed by atoms with Gasteiger partial charge in [0.2, 0.25) is 0 Å². The van der Waals surface area contributed by atoms with Crippen LogP contribution in [0.5, 0.6) is 5.75 Å². The number of rotatable bonds is 6. The van der Waals surface area contributed by atoms with Gasteiger partial charge in [-0.15, -0.1) is 0 Å². The quantitative estimate of drug-likeness (QED) is 0.674. The second-order valence-electron chi connectivity index (χ2n) is 6.11. The van der Waals surface area contributed by atoms with Gasteiger partial charge in [0, 0.05) is 17.2 Å². The Balaban J connectivity index is 1.65. The zero-order valence-electron chi connectivity index (χ0n) is 14.8. The molecule has 0 saturated carbocycles. The van der Waals surface area contributed by atoms with Gasteiger partial charge in [0.25, 0.3) is 5.91 Å². The molecule has 1 unspecified atom stereocenters. The van der Waals surface area contributed by atoms with Crippen molar-refractivity contribution in [1.29, 1.82) is 0 Å². The van der Waals surface area contributed by atoms with Crippen LogP contribution in [0.4, 0.5) is 8.78 Å². The van der Waals surface area contributed by atoms with E-state index in [0.29, 0.717) is 5.75 Å². The topological polar surface area (TPSA) is 38.3 Å². The zero-order chi connectivity index (χ0) is 19.2. The number of ether oxygens (including phenoxy) is 1. The lowest BCUT2D eigenvalue weighted by atomic mass is 10.1. The second-order valence-corrected chi connectivity index (χ2v) is 6.11. The molecule has 3 aromatic rings. The summed E-state index contributed by atoms with van der Waals surface area (Å²) >= 11 is 0. The van der Waals surface area contributed by atoms with E-state index >= 15 is 0 Å². The number of carbonyl (C=O) groups excluding carboxylic acids is 1. The number of carbonyl (C=O) groups is 1. The Morgan fingerprint density at radius 3 is 2.44 bits per heavy atom. The Morgan fingerprint density at radius 1 is 1.00 bits per heavy atom. The molecule has 1 amide bonds. The summed E-state index contributed by atoms with van der Waals surface area (Å²) in [7, 11) is 0. The molecular weight excluding hydrogens is 348 g/mol. The Labute approximate surface area is 156 Å². The van der Waals surface area contributed by atoms with Crippen LogP contribution in [0.25, 0.3) is 11.1 Å². The van der Waals surface area contributed by atoms with E-state index in [1.54, 1.807) is 13.0 Å². The average Bonchev–Trinajstić information content (AvgIpc) is 2.67. The van der Waals surface area contributed by atoms with Crippen LogP contribution in [-0.2, 0) is 4.79 Å². The summed E-state index contributed by atoms with van der Waals surface area (Å²) in [6.45, 7) is 1.42. The fraction of sp³-hybridized carbons (Fsp3) is 0.136. The Bertz CT molecular complexity index is 929. The van der Waals surface area contributed by atoms with Gasteiger partial charge < -0.3 is 10.1 Å². The number of para-hydroxylation sites is 1.